The van der Waals surface area contributed by atoms with Gasteiger partial charge in [-0.05, 0) is 80.7 Å². The molecule has 0 aromatic heterocycles. The first-order valence-electron chi connectivity index (χ1n) is 13.3. The van der Waals surface area contributed by atoms with E-state index < -0.39 is 0 Å². The zero-order valence-electron chi connectivity index (χ0n) is 20.8. The molecule has 2 N–H and O–H groups in total. The van der Waals surface area contributed by atoms with Gasteiger partial charge in [-0.25, -0.2) is 4.79 Å². The summed E-state index contributed by atoms with van der Waals surface area (Å²) in [5.41, 5.74) is 1.38. The fourth-order valence-electron chi connectivity index (χ4n) is 7.55. The lowest BCUT2D eigenvalue weighted by Crippen LogP contribution is -2.61. The Labute approximate surface area is 200 Å². The SMILES string of the molecule is CCC[C@H](CC1CCCC2C1CCC1N(C)C(O)CC[C@]21C)OC(=O)NCc1ccccc1. The zero-order chi connectivity index (χ0) is 23.4. The Morgan fingerprint density at radius 3 is 2.76 bits per heavy atom. The van der Waals surface area contributed by atoms with Crippen LogP contribution in [0.3, 0.4) is 0 Å². The molecule has 3 aliphatic rings. The zero-order valence-corrected chi connectivity index (χ0v) is 20.8. The van der Waals surface area contributed by atoms with Crippen LogP contribution < -0.4 is 5.32 Å². The van der Waals surface area contributed by atoms with Crippen molar-refractivity contribution in [3.05, 3.63) is 35.9 Å². The van der Waals surface area contributed by atoms with Gasteiger partial charge in [0.05, 0.1) is 0 Å². The molecule has 5 nitrogen and oxygen atoms in total. The van der Waals surface area contributed by atoms with E-state index in [-0.39, 0.29) is 18.4 Å². The average molecular weight is 457 g/mol. The fourth-order valence-corrected chi connectivity index (χ4v) is 7.55. The van der Waals surface area contributed by atoms with Crippen molar-refractivity contribution < 1.29 is 14.6 Å². The molecule has 2 aliphatic carbocycles. The first-order chi connectivity index (χ1) is 15.9. The number of carbonyl (C=O) groups excluding carboxylic acids is 1. The summed E-state index contributed by atoms with van der Waals surface area (Å²) in [6.07, 6.45) is 10.7. The van der Waals surface area contributed by atoms with Crippen LogP contribution in [0.1, 0.15) is 83.6 Å². The van der Waals surface area contributed by atoms with Crippen LogP contribution >= 0.6 is 0 Å². The number of aliphatic hydroxyl groups is 1. The molecule has 1 aromatic carbocycles. The molecule has 1 heterocycles. The minimum Gasteiger partial charge on any atom is -0.446 e. The minimum atomic E-state index is -0.289. The largest absolute Gasteiger partial charge is 0.446 e. The maximum Gasteiger partial charge on any atom is 0.407 e. The van der Waals surface area contributed by atoms with Crippen LogP contribution in [0.2, 0.25) is 0 Å². The molecule has 5 unspecified atom stereocenters. The van der Waals surface area contributed by atoms with E-state index in [0.29, 0.717) is 23.9 Å². The summed E-state index contributed by atoms with van der Waals surface area (Å²) in [7, 11) is 2.12. The van der Waals surface area contributed by atoms with E-state index in [9.17, 15) is 9.90 Å². The predicted molar refractivity (Wildman–Crippen MR) is 132 cm³/mol. The van der Waals surface area contributed by atoms with E-state index in [1.165, 1.54) is 32.1 Å². The third-order valence-corrected chi connectivity index (χ3v) is 9.23. The molecule has 1 amide bonds. The molecule has 1 aliphatic heterocycles. The minimum absolute atomic E-state index is 0.00379. The number of piperidine rings is 1. The third-order valence-electron chi connectivity index (χ3n) is 9.23. The molecule has 4 rings (SSSR count). The second-order valence-electron chi connectivity index (χ2n) is 11.1. The smallest absolute Gasteiger partial charge is 0.407 e. The number of alkyl carbamates (subject to hydrolysis) is 1. The van der Waals surface area contributed by atoms with Gasteiger partial charge in [-0.2, -0.15) is 0 Å². The third kappa shape index (κ3) is 5.40. The normalized spacial score (nSPS) is 35.2. The maximum absolute atomic E-state index is 12.6. The molecule has 33 heavy (non-hydrogen) atoms. The second kappa shape index (κ2) is 10.8. The van der Waals surface area contributed by atoms with Crippen LogP contribution in [-0.4, -0.2) is 41.5 Å². The summed E-state index contributed by atoms with van der Waals surface area (Å²) in [6.45, 7) is 5.18. The Bertz CT molecular complexity index is 772. The summed E-state index contributed by atoms with van der Waals surface area (Å²) in [5, 5.41) is 13.4. The number of amides is 1. The van der Waals surface area contributed by atoms with Crippen LogP contribution in [0.5, 0.6) is 0 Å². The van der Waals surface area contributed by atoms with Crippen LogP contribution in [0.15, 0.2) is 30.3 Å². The number of nitrogens with zero attached hydrogens (tertiary/aromatic N) is 1. The highest BCUT2D eigenvalue weighted by atomic mass is 16.6. The Balaban J connectivity index is 1.37. The van der Waals surface area contributed by atoms with Gasteiger partial charge in [0, 0.05) is 12.6 Å². The lowest BCUT2D eigenvalue weighted by atomic mass is 9.50. The summed E-state index contributed by atoms with van der Waals surface area (Å²) < 4.78 is 5.97. The van der Waals surface area contributed by atoms with Crippen molar-refractivity contribution in [2.75, 3.05) is 7.05 Å². The van der Waals surface area contributed by atoms with Crippen LogP contribution in [0.4, 0.5) is 4.79 Å². The maximum atomic E-state index is 12.6. The van der Waals surface area contributed by atoms with Gasteiger partial charge >= 0.3 is 6.09 Å². The number of hydrogen-bond donors (Lipinski definition) is 2. The summed E-state index contributed by atoms with van der Waals surface area (Å²) in [4.78, 5) is 14.8. The lowest BCUT2D eigenvalue weighted by molar-refractivity contribution is -0.156. The molecule has 5 heteroatoms. The molecule has 184 valence electrons. The Morgan fingerprint density at radius 2 is 2.00 bits per heavy atom. The fraction of sp³-hybridized carbons (Fsp3) is 0.750. The van der Waals surface area contributed by atoms with E-state index in [1.54, 1.807) is 0 Å². The van der Waals surface area contributed by atoms with Crippen molar-refractivity contribution in [2.24, 2.45) is 23.2 Å². The average Bonchev–Trinajstić information content (AvgIpc) is 2.82. The van der Waals surface area contributed by atoms with E-state index in [0.717, 1.165) is 49.5 Å². The number of carbonyl (C=O) groups is 1. The predicted octanol–water partition coefficient (Wildman–Crippen LogP) is 5.72. The van der Waals surface area contributed by atoms with Crippen LogP contribution in [-0.2, 0) is 11.3 Å². The highest BCUT2D eigenvalue weighted by molar-refractivity contribution is 5.67. The summed E-state index contributed by atoms with van der Waals surface area (Å²) >= 11 is 0. The molecule has 0 bridgehead atoms. The van der Waals surface area contributed by atoms with Gasteiger partial charge in [0.15, 0.2) is 0 Å². The van der Waals surface area contributed by atoms with Crippen molar-refractivity contribution in [3.8, 4) is 0 Å². The summed E-state index contributed by atoms with van der Waals surface area (Å²) in [5.74, 6) is 2.08. The lowest BCUT2D eigenvalue weighted by Gasteiger charge is -2.60. The van der Waals surface area contributed by atoms with E-state index in [4.69, 9.17) is 4.74 Å². The van der Waals surface area contributed by atoms with Crippen LogP contribution in [0, 0.1) is 23.2 Å². The molecular formula is C28H44N2O3. The molecule has 3 fully saturated rings. The number of fused-ring (bicyclic) bond motifs is 3. The number of benzene rings is 1. The van der Waals surface area contributed by atoms with Crippen molar-refractivity contribution in [1.82, 2.24) is 10.2 Å². The number of likely N-dealkylation sites (tertiary alicyclic amines) is 1. The van der Waals surface area contributed by atoms with E-state index in [2.05, 4.69) is 31.1 Å². The van der Waals surface area contributed by atoms with Gasteiger partial charge in [0.25, 0.3) is 0 Å². The number of rotatable bonds is 7. The standard InChI is InChI=1S/C28H44N2O3/c1-4-9-22(33-27(32)29-19-20-10-6-5-7-11-20)18-21-12-8-13-24-23(21)14-15-25-28(24,2)17-16-26(31)30(25)3/h5-7,10-11,21-26,31H,4,8-9,12-19H2,1-3H3,(H,29,32)/t21?,22-,23?,24?,25?,26?,28-/m1/s1. The molecule has 0 spiro atoms. The van der Waals surface area contributed by atoms with Gasteiger partial charge in [0.1, 0.15) is 12.3 Å². The second-order valence-corrected chi connectivity index (χ2v) is 11.1. The molecule has 1 aromatic rings. The molecule has 7 atom stereocenters. The van der Waals surface area contributed by atoms with Gasteiger partial charge in [-0.15, -0.1) is 0 Å². The first kappa shape index (κ1) is 24.5. The van der Waals surface area contributed by atoms with Gasteiger partial charge in [-0.1, -0.05) is 63.4 Å². The molecule has 0 radical (unpaired) electrons. The van der Waals surface area contributed by atoms with Gasteiger partial charge < -0.3 is 15.2 Å². The quantitative estimate of drug-likeness (QED) is 0.551. The first-order valence-corrected chi connectivity index (χ1v) is 13.3. The molecular weight excluding hydrogens is 412 g/mol. The Morgan fingerprint density at radius 1 is 1.21 bits per heavy atom. The number of nitrogens with one attached hydrogen (secondary N) is 1. The monoisotopic (exact) mass is 456 g/mol. The summed E-state index contributed by atoms with van der Waals surface area (Å²) in [6, 6.07) is 10.5. The highest BCUT2D eigenvalue weighted by Gasteiger charge is 2.54. The van der Waals surface area contributed by atoms with Gasteiger partial charge in [0.2, 0.25) is 0 Å². The van der Waals surface area contributed by atoms with Crippen molar-refractivity contribution >= 4 is 6.09 Å². The Hall–Kier alpha value is -1.59. The highest BCUT2D eigenvalue weighted by Crippen LogP contribution is 2.58. The van der Waals surface area contributed by atoms with E-state index >= 15 is 0 Å². The van der Waals surface area contributed by atoms with Crippen molar-refractivity contribution in [1.29, 1.82) is 0 Å². The topological polar surface area (TPSA) is 61.8 Å². The van der Waals surface area contributed by atoms with Crippen LogP contribution in [0.25, 0.3) is 0 Å². The number of ether oxygens (including phenoxy) is 1. The molecule has 2 saturated carbocycles. The number of aliphatic hydroxyl groups excluding tert-OH is 1. The van der Waals surface area contributed by atoms with Gasteiger partial charge in [-0.3, -0.25) is 4.90 Å². The van der Waals surface area contributed by atoms with Crippen molar-refractivity contribution in [2.45, 2.75) is 103 Å². The number of hydrogen-bond acceptors (Lipinski definition) is 4. The Kier molecular flexibility index (Phi) is 8.01. The van der Waals surface area contributed by atoms with Crippen molar-refractivity contribution in [3.63, 3.8) is 0 Å². The van der Waals surface area contributed by atoms with E-state index in [1.807, 2.05) is 30.3 Å². The molecule has 1 saturated heterocycles.